The van der Waals surface area contributed by atoms with E-state index < -0.39 is 0 Å². The highest BCUT2D eigenvalue weighted by molar-refractivity contribution is 7.12. The van der Waals surface area contributed by atoms with Gasteiger partial charge in [-0.15, -0.1) is 11.3 Å². The molecular weight excluding hydrogens is 386 g/mol. The Morgan fingerprint density at radius 1 is 1.17 bits per heavy atom. The Hall–Kier alpha value is -2.41. The Bertz CT molecular complexity index is 834. The van der Waals surface area contributed by atoms with Crippen LogP contribution in [0.5, 0.6) is 5.88 Å². The molecule has 2 aliphatic rings. The van der Waals surface area contributed by atoms with Gasteiger partial charge in [0.05, 0.1) is 10.8 Å². The van der Waals surface area contributed by atoms with Gasteiger partial charge in [-0.05, 0) is 56.0 Å². The largest absolute Gasteiger partial charge is 0.474 e. The SMILES string of the molecule is O=C(NCc1cccnc1OC1CCCC1)C1CCCN(C(=O)c2cccs2)C1. The number of amides is 2. The molecule has 6 nitrogen and oxygen atoms in total. The molecule has 4 rings (SSSR count). The summed E-state index contributed by atoms with van der Waals surface area (Å²) in [6, 6.07) is 7.53. The van der Waals surface area contributed by atoms with Crippen LogP contribution in [0.15, 0.2) is 35.8 Å². The first kappa shape index (κ1) is 19.9. The van der Waals surface area contributed by atoms with Crippen molar-refractivity contribution in [2.45, 2.75) is 51.2 Å². The van der Waals surface area contributed by atoms with Crippen LogP contribution in [0.2, 0.25) is 0 Å². The highest BCUT2D eigenvalue weighted by Gasteiger charge is 2.29. The Labute approximate surface area is 175 Å². The van der Waals surface area contributed by atoms with Crippen LogP contribution in [0, 0.1) is 5.92 Å². The number of carbonyl (C=O) groups is 2. The van der Waals surface area contributed by atoms with Gasteiger partial charge in [0.2, 0.25) is 11.8 Å². The van der Waals surface area contributed by atoms with Crippen LogP contribution in [0.3, 0.4) is 0 Å². The first-order valence-electron chi connectivity index (χ1n) is 10.4. The van der Waals surface area contributed by atoms with Crippen molar-refractivity contribution in [3.8, 4) is 5.88 Å². The van der Waals surface area contributed by atoms with Gasteiger partial charge in [-0.25, -0.2) is 4.98 Å². The van der Waals surface area contributed by atoms with Crippen molar-refractivity contribution in [1.82, 2.24) is 15.2 Å². The molecule has 1 atom stereocenters. The molecule has 3 heterocycles. The number of pyridine rings is 1. The number of carbonyl (C=O) groups excluding carboxylic acids is 2. The van der Waals surface area contributed by atoms with Gasteiger partial charge in [-0.3, -0.25) is 9.59 Å². The first-order valence-corrected chi connectivity index (χ1v) is 11.3. The maximum Gasteiger partial charge on any atom is 0.263 e. The van der Waals surface area contributed by atoms with E-state index in [1.807, 2.05) is 29.6 Å². The van der Waals surface area contributed by atoms with Gasteiger partial charge >= 0.3 is 0 Å². The topological polar surface area (TPSA) is 71.5 Å². The van der Waals surface area contributed by atoms with Crippen molar-refractivity contribution in [2.75, 3.05) is 13.1 Å². The monoisotopic (exact) mass is 413 g/mol. The van der Waals surface area contributed by atoms with Gasteiger partial charge < -0.3 is 15.0 Å². The molecule has 0 spiro atoms. The molecule has 1 aliphatic heterocycles. The van der Waals surface area contributed by atoms with E-state index in [0.717, 1.165) is 36.1 Å². The summed E-state index contributed by atoms with van der Waals surface area (Å²) < 4.78 is 6.06. The van der Waals surface area contributed by atoms with Crippen LogP contribution in [-0.2, 0) is 11.3 Å². The summed E-state index contributed by atoms with van der Waals surface area (Å²) in [6.45, 7) is 1.58. The van der Waals surface area contributed by atoms with E-state index in [0.29, 0.717) is 25.5 Å². The Morgan fingerprint density at radius 3 is 2.83 bits per heavy atom. The van der Waals surface area contributed by atoms with Crippen molar-refractivity contribution < 1.29 is 14.3 Å². The van der Waals surface area contributed by atoms with Crippen molar-refractivity contribution in [1.29, 1.82) is 0 Å². The van der Waals surface area contributed by atoms with Gasteiger partial charge in [0.15, 0.2) is 0 Å². The molecule has 2 fully saturated rings. The Kier molecular flexibility index (Phi) is 6.44. The number of ether oxygens (including phenoxy) is 1. The van der Waals surface area contributed by atoms with Gasteiger partial charge in [0.1, 0.15) is 6.10 Å². The molecule has 2 aromatic rings. The lowest BCUT2D eigenvalue weighted by molar-refractivity contribution is -0.126. The van der Waals surface area contributed by atoms with E-state index in [2.05, 4.69) is 10.3 Å². The highest BCUT2D eigenvalue weighted by Crippen LogP contribution is 2.25. The van der Waals surface area contributed by atoms with Crippen molar-refractivity contribution in [3.05, 3.63) is 46.3 Å². The lowest BCUT2D eigenvalue weighted by Crippen LogP contribution is -2.45. The van der Waals surface area contributed by atoms with E-state index in [-0.39, 0.29) is 23.8 Å². The van der Waals surface area contributed by atoms with Crippen LogP contribution in [0.4, 0.5) is 0 Å². The fourth-order valence-electron chi connectivity index (χ4n) is 4.09. The second-order valence-corrected chi connectivity index (χ2v) is 8.73. The summed E-state index contributed by atoms with van der Waals surface area (Å²) >= 11 is 1.44. The van der Waals surface area contributed by atoms with E-state index in [4.69, 9.17) is 4.74 Å². The molecule has 1 aliphatic carbocycles. The predicted octanol–water partition coefficient (Wildman–Crippen LogP) is 3.63. The summed E-state index contributed by atoms with van der Waals surface area (Å²) in [6.07, 6.45) is 8.14. The molecule has 1 saturated carbocycles. The van der Waals surface area contributed by atoms with Crippen molar-refractivity contribution in [3.63, 3.8) is 0 Å². The molecule has 2 amide bonds. The number of likely N-dealkylation sites (tertiary alicyclic amines) is 1. The zero-order valence-corrected chi connectivity index (χ0v) is 17.3. The van der Waals surface area contributed by atoms with E-state index >= 15 is 0 Å². The number of piperidine rings is 1. The molecule has 1 N–H and O–H groups in total. The molecule has 2 aromatic heterocycles. The molecule has 0 radical (unpaired) electrons. The summed E-state index contributed by atoms with van der Waals surface area (Å²) in [5.41, 5.74) is 0.898. The fourth-order valence-corrected chi connectivity index (χ4v) is 4.78. The minimum absolute atomic E-state index is 0.00986. The number of nitrogens with zero attached hydrogens (tertiary/aromatic N) is 2. The summed E-state index contributed by atoms with van der Waals surface area (Å²) in [5, 5.41) is 4.94. The molecule has 29 heavy (non-hydrogen) atoms. The van der Waals surface area contributed by atoms with E-state index in [1.165, 1.54) is 24.2 Å². The minimum Gasteiger partial charge on any atom is -0.474 e. The molecule has 1 unspecified atom stereocenters. The second-order valence-electron chi connectivity index (χ2n) is 7.78. The lowest BCUT2D eigenvalue weighted by atomic mass is 9.97. The van der Waals surface area contributed by atoms with Gasteiger partial charge in [0, 0.05) is 31.4 Å². The van der Waals surface area contributed by atoms with Crippen LogP contribution in [0.1, 0.15) is 53.8 Å². The van der Waals surface area contributed by atoms with E-state index in [9.17, 15) is 9.59 Å². The quantitative estimate of drug-likeness (QED) is 0.785. The number of aromatic nitrogens is 1. The highest BCUT2D eigenvalue weighted by atomic mass is 32.1. The predicted molar refractivity (Wildman–Crippen MR) is 112 cm³/mol. The maximum absolute atomic E-state index is 12.8. The van der Waals surface area contributed by atoms with Crippen molar-refractivity contribution in [2.24, 2.45) is 5.92 Å². The first-order chi connectivity index (χ1) is 14.2. The number of rotatable bonds is 6. The van der Waals surface area contributed by atoms with Crippen molar-refractivity contribution >= 4 is 23.2 Å². The molecular formula is C22H27N3O3S. The minimum atomic E-state index is -0.177. The average molecular weight is 414 g/mol. The Morgan fingerprint density at radius 2 is 2.03 bits per heavy atom. The number of thiophene rings is 1. The number of hydrogen-bond donors (Lipinski definition) is 1. The summed E-state index contributed by atoms with van der Waals surface area (Å²) in [5.74, 6) is 0.461. The molecule has 7 heteroatoms. The van der Waals surface area contributed by atoms with Gasteiger partial charge in [-0.1, -0.05) is 12.1 Å². The molecule has 0 aromatic carbocycles. The molecule has 1 saturated heterocycles. The van der Waals surface area contributed by atoms with E-state index in [1.54, 1.807) is 11.1 Å². The second kappa shape index (κ2) is 9.39. The number of nitrogens with one attached hydrogen (secondary N) is 1. The number of hydrogen-bond acceptors (Lipinski definition) is 5. The third kappa shape index (κ3) is 4.96. The third-order valence-corrected chi connectivity index (χ3v) is 6.55. The fraction of sp³-hybridized carbons (Fsp3) is 0.500. The summed E-state index contributed by atoms with van der Waals surface area (Å²) in [7, 11) is 0. The van der Waals surface area contributed by atoms with Gasteiger partial charge in [-0.2, -0.15) is 0 Å². The van der Waals surface area contributed by atoms with Crippen LogP contribution in [-0.4, -0.2) is 40.9 Å². The van der Waals surface area contributed by atoms with Crippen LogP contribution in [0.25, 0.3) is 0 Å². The maximum atomic E-state index is 12.8. The van der Waals surface area contributed by atoms with Gasteiger partial charge in [0.25, 0.3) is 5.91 Å². The lowest BCUT2D eigenvalue weighted by Gasteiger charge is -2.31. The van der Waals surface area contributed by atoms with Crippen LogP contribution >= 0.6 is 11.3 Å². The summed E-state index contributed by atoms with van der Waals surface area (Å²) in [4.78, 5) is 32.3. The van der Waals surface area contributed by atoms with Crippen LogP contribution < -0.4 is 10.1 Å². The zero-order valence-electron chi connectivity index (χ0n) is 16.5. The standard InChI is InChI=1S/C22H27N3O3S/c26-20(17-7-4-12-25(15-17)22(27)19-10-5-13-29-19)24-14-16-6-3-11-23-21(16)28-18-8-1-2-9-18/h3,5-6,10-11,13,17-18H,1-2,4,7-9,12,14-15H2,(H,24,26). The average Bonchev–Trinajstić information content (AvgIpc) is 3.47. The molecule has 0 bridgehead atoms. The smallest absolute Gasteiger partial charge is 0.263 e. The zero-order chi connectivity index (χ0) is 20.1. The molecule has 154 valence electrons. The Balaban J connectivity index is 1.33. The normalized spacial score (nSPS) is 19.9. The third-order valence-electron chi connectivity index (χ3n) is 5.69.